The standard InChI is InChI=1S/C26H11FN4/c27-21-9-3-7-18-22(15(13-29)14-30)25(19(10-11-28)23(18)21)24-16-5-1-2-6-17(16)26-20(24)8-4-12-31-26/h1-10,12H/b19-10+,25-24+. The van der Waals surface area contributed by atoms with Gasteiger partial charge in [0.05, 0.1) is 11.8 Å². The highest BCUT2D eigenvalue weighted by Crippen LogP contribution is 2.55. The van der Waals surface area contributed by atoms with Gasteiger partial charge in [0.15, 0.2) is 0 Å². The number of benzene rings is 2. The molecule has 5 rings (SSSR count). The molecule has 3 aromatic rings. The van der Waals surface area contributed by atoms with Crippen LogP contribution in [0.3, 0.4) is 0 Å². The molecule has 0 spiro atoms. The van der Waals surface area contributed by atoms with Gasteiger partial charge in [0.1, 0.15) is 23.5 Å². The van der Waals surface area contributed by atoms with Crippen LogP contribution in [0.25, 0.3) is 28.0 Å². The van der Waals surface area contributed by atoms with E-state index in [0.29, 0.717) is 22.3 Å². The minimum absolute atomic E-state index is 0.134. The zero-order valence-corrected chi connectivity index (χ0v) is 16.0. The fraction of sp³-hybridized carbons (Fsp3) is 0. The first-order valence-corrected chi connectivity index (χ1v) is 9.45. The predicted octanol–water partition coefficient (Wildman–Crippen LogP) is 5.42. The molecule has 0 amide bonds. The summed E-state index contributed by atoms with van der Waals surface area (Å²) in [5.41, 5.74) is 5.78. The fourth-order valence-corrected chi connectivity index (χ4v) is 4.41. The molecule has 1 heterocycles. The molecule has 2 aliphatic rings. The van der Waals surface area contributed by atoms with Crippen molar-refractivity contribution in [3.05, 3.63) is 106 Å². The third-order valence-corrected chi connectivity index (χ3v) is 5.53. The SMILES string of the molecule is N#C/C=C1/C(=C2/c3ccccc3-c3ncccc32)C(=C(C#N)C#N)c2cccc(F)c21. The maximum Gasteiger partial charge on any atom is 0.138 e. The van der Waals surface area contributed by atoms with Gasteiger partial charge in [0, 0.05) is 51.3 Å². The Balaban J connectivity index is 2.04. The quantitative estimate of drug-likeness (QED) is 0.370. The lowest BCUT2D eigenvalue weighted by atomic mass is 9.89. The second-order valence-corrected chi connectivity index (χ2v) is 7.02. The lowest BCUT2D eigenvalue weighted by molar-refractivity contribution is 0.624. The molecule has 0 N–H and O–H groups in total. The van der Waals surface area contributed by atoms with E-state index in [1.165, 1.54) is 18.2 Å². The lowest BCUT2D eigenvalue weighted by Gasteiger charge is -2.12. The minimum atomic E-state index is -0.514. The highest BCUT2D eigenvalue weighted by molar-refractivity contribution is 6.20. The van der Waals surface area contributed by atoms with E-state index in [1.807, 2.05) is 48.5 Å². The Hall–Kier alpha value is -4.79. The van der Waals surface area contributed by atoms with E-state index >= 15 is 0 Å². The summed E-state index contributed by atoms with van der Waals surface area (Å²) in [7, 11) is 0. The van der Waals surface area contributed by atoms with Crippen LogP contribution >= 0.6 is 0 Å². The first-order chi connectivity index (χ1) is 15.2. The maximum atomic E-state index is 15.0. The third kappa shape index (κ3) is 2.47. The monoisotopic (exact) mass is 398 g/mol. The molecule has 142 valence electrons. The highest BCUT2D eigenvalue weighted by Gasteiger charge is 2.37. The second-order valence-electron chi connectivity index (χ2n) is 7.02. The number of nitrogens with zero attached hydrogens (tertiary/aromatic N) is 4. The smallest absolute Gasteiger partial charge is 0.138 e. The number of halogens is 1. The van der Waals surface area contributed by atoms with Gasteiger partial charge >= 0.3 is 0 Å². The highest BCUT2D eigenvalue weighted by atomic mass is 19.1. The zero-order chi connectivity index (χ0) is 21.5. The van der Waals surface area contributed by atoms with E-state index in [2.05, 4.69) is 4.98 Å². The number of allylic oxidation sites excluding steroid dienone is 5. The average Bonchev–Trinajstić information content (AvgIpc) is 3.29. The van der Waals surface area contributed by atoms with Crippen molar-refractivity contribution in [3.63, 3.8) is 0 Å². The van der Waals surface area contributed by atoms with Gasteiger partial charge in [-0.1, -0.05) is 42.5 Å². The van der Waals surface area contributed by atoms with Crippen LogP contribution in [0, 0.1) is 39.8 Å². The molecular formula is C26H11FN4. The number of hydrogen-bond donors (Lipinski definition) is 0. The number of pyridine rings is 1. The fourth-order valence-electron chi connectivity index (χ4n) is 4.41. The predicted molar refractivity (Wildman–Crippen MR) is 114 cm³/mol. The Bertz CT molecular complexity index is 1450. The molecule has 0 unspecified atom stereocenters. The van der Waals surface area contributed by atoms with Crippen LogP contribution in [0.5, 0.6) is 0 Å². The molecule has 1 aromatic heterocycles. The Morgan fingerprint density at radius 1 is 0.806 bits per heavy atom. The Morgan fingerprint density at radius 3 is 2.26 bits per heavy atom. The topological polar surface area (TPSA) is 84.3 Å². The Morgan fingerprint density at radius 2 is 1.52 bits per heavy atom. The molecule has 2 aromatic carbocycles. The van der Waals surface area contributed by atoms with Crippen LogP contribution in [0.4, 0.5) is 4.39 Å². The van der Waals surface area contributed by atoms with Crippen LogP contribution in [0.1, 0.15) is 22.3 Å². The van der Waals surface area contributed by atoms with Crippen molar-refractivity contribution in [2.24, 2.45) is 0 Å². The van der Waals surface area contributed by atoms with Crippen LogP contribution in [-0.4, -0.2) is 4.98 Å². The number of hydrogen-bond acceptors (Lipinski definition) is 4. The summed E-state index contributed by atoms with van der Waals surface area (Å²) in [5.74, 6) is -0.514. The van der Waals surface area contributed by atoms with Crippen LogP contribution in [-0.2, 0) is 0 Å². The van der Waals surface area contributed by atoms with Crippen molar-refractivity contribution in [2.45, 2.75) is 0 Å². The average molecular weight is 398 g/mol. The van der Waals surface area contributed by atoms with Gasteiger partial charge in [-0.05, 0) is 23.3 Å². The minimum Gasteiger partial charge on any atom is -0.256 e. The number of aromatic nitrogens is 1. The summed E-state index contributed by atoms with van der Waals surface area (Å²) >= 11 is 0. The first kappa shape index (κ1) is 18.3. The summed E-state index contributed by atoms with van der Waals surface area (Å²) < 4.78 is 15.0. The summed E-state index contributed by atoms with van der Waals surface area (Å²) in [5, 5.41) is 28.9. The van der Waals surface area contributed by atoms with Gasteiger partial charge in [0.2, 0.25) is 0 Å². The summed E-state index contributed by atoms with van der Waals surface area (Å²) in [4.78, 5) is 4.53. The largest absolute Gasteiger partial charge is 0.256 e. The molecule has 31 heavy (non-hydrogen) atoms. The van der Waals surface area contributed by atoms with Gasteiger partial charge < -0.3 is 0 Å². The Kier molecular flexibility index (Phi) is 4.07. The third-order valence-electron chi connectivity index (χ3n) is 5.53. The van der Waals surface area contributed by atoms with E-state index < -0.39 is 5.82 Å². The molecule has 0 radical (unpaired) electrons. The number of rotatable bonds is 0. The molecule has 0 saturated heterocycles. The Labute approximate surface area is 177 Å². The molecule has 0 saturated carbocycles. The number of nitriles is 3. The molecular weight excluding hydrogens is 387 g/mol. The van der Waals surface area contributed by atoms with Crippen molar-refractivity contribution < 1.29 is 4.39 Å². The lowest BCUT2D eigenvalue weighted by Crippen LogP contribution is -1.94. The summed E-state index contributed by atoms with van der Waals surface area (Å²) in [6.07, 6.45) is 2.98. The van der Waals surface area contributed by atoms with Gasteiger partial charge in [-0.2, -0.15) is 15.8 Å². The van der Waals surface area contributed by atoms with Gasteiger partial charge in [0.25, 0.3) is 0 Å². The van der Waals surface area contributed by atoms with Crippen molar-refractivity contribution in [1.82, 2.24) is 4.98 Å². The molecule has 5 heteroatoms. The molecule has 0 fully saturated rings. The van der Waals surface area contributed by atoms with Gasteiger partial charge in [-0.3, -0.25) is 4.98 Å². The zero-order valence-electron chi connectivity index (χ0n) is 16.0. The van der Waals surface area contributed by atoms with E-state index in [1.54, 1.807) is 18.3 Å². The first-order valence-electron chi connectivity index (χ1n) is 9.45. The van der Waals surface area contributed by atoms with E-state index in [-0.39, 0.29) is 11.1 Å². The van der Waals surface area contributed by atoms with Gasteiger partial charge in [-0.25, -0.2) is 4.39 Å². The molecule has 4 nitrogen and oxygen atoms in total. The van der Waals surface area contributed by atoms with Gasteiger partial charge in [-0.15, -0.1) is 0 Å². The van der Waals surface area contributed by atoms with E-state index in [4.69, 9.17) is 0 Å². The number of fused-ring (bicyclic) bond motifs is 4. The normalized spacial score (nSPS) is 16.7. The van der Waals surface area contributed by atoms with E-state index in [0.717, 1.165) is 28.0 Å². The molecule has 0 bridgehead atoms. The molecule has 0 atom stereocenters. The van der Waals surface area contributed by atoms with Crippen molar-refractivity contribution in [3.8, 4) is 29.5 Å². The second kappa shape index (κ2) is 6.92. The van der Waals surface area contributed by atoms with Crippen molar-refractivity contribution in [1.29, 1.82) is 15.8 Å². The van der Waals surface area contributed by atoms with Crippen LogP contribution in [0.2, 0.25) is 0 Å². The summed E-state index contributed by atoms with van der Waals surface area (Å²) in [6.45, 7) is 0. The van der Waals surface area contributed by atoms with Crippen LogP contribution in [0.15, 0.2) is 78.0 Å². The molecule has 2 aliphatic carbocycles. The van der Waals surface area contributed by atoms with E-state index in [9.17, 15) is 20.2 Å². The van der Waals surface area contributed by atoms with Crippen LogP contribution < -0.4 is 0 Å². The maximum absolute atomic E-state index is 15.0. The van der Waals surface area contributed by atoms with Crippen molar-refractivity contribution >= 4 is 16.7 Å². The summed E-state index contributed by atoms with van der Waals surface area (Å²) in [6, 6.07) is 21.8. The van der Waals surface area contributed by atoms with Crippen molar-refractivity contribution in [2.75, 3.05) is 0 Å². The molecule has 0 aliphatic heterocycles.